The monoisotopic (exact) mass is 923 g/mol. The fourth-order valence-electron chi connectivity index (χ4n) is 6.14. The summed E-state index contributed by atoms with van der Waals surface area (Å²) in [5, 5.41) is 13.2. The Morgan fingerprint density at radius 2 is 1.30 bits per heavy atom. The van der Waals surface area contributed by atoms with E-state index in [0.717, 1.165) is 23.1 Å². The van der Waals surface area contributed by atoms with Crippen LogP contribution >= 0.6 is 0 Å². The van der Waals surface area contributed by atoms with Crippen LogP contribution in [0.4, 0.5) is 9.59 Å². The average molecular weight is 923 g/mol. The number of hydrogen-bond acceptors (Lipinski definition) is 12. The molecule has 0 bridgehead atoms. The second-order valence-corrected chi connectivity index (χ2v) is 16.9. The number of carbonyl (C=O) groups is 6. The molecule has 2 atom stereocenters. The minimum atomic E-state index is -1.23. The Bertz CT molecular complexity index is 2080. The summed E-state index contributed by atoms with van der Waals surface area (Å²) in [6.07, 6.45) is -0.188. The van der Waals surface area contributed by atoms with E-state index < -0.39 is 47.4 Å². The van der Waals surface area contributed by atoms with Gasteiger partial charge in [-0.2, -0.15) is 0 Å². The van der Waals surface area contributed by atoms with Crippen LogP contribution in [0.1, 0.15) is 108 Å². The SMILES string of the molecule is CCNC(=O)OC(C)(C)C.CCOc1ccc(CC)cc1-c1cc(C(C(=O)N[C@@H](C)C(=O)NC)N(C)C(=O)CNC(=O)c2ccc(C)cc2C)ccc1OCCNC(=O)OC(C)(C)C.NN. The second kappa shape index (κ2) is 27.8. The maximum Gasteiger partial charge on any atom is 0.407 e. The average Bonchev–Trinajstić information content (AvgIpc) is 3.24. The van der Waals surface area contributed by atoms with Crippen LogP contribution in [-0.4, -0.2) is 105 Å². The van der Waals surface area contributed by atoms with Crippen molar-refractivity contribution in [3.05, 3.63) is 82.4 Å². The Hall–Kier alpha value is -6.40. The Balaban J connectivity index is 0.00000160. The van der Waals surface area contributed by atoms with Crippen molar-refractivity contribution in [2.45, 2.75) is 113 Å². The molecule has 0 saturated heterocycles. The lowest BCUT2D eigenvalue weighted by Gasteiger charge is -2.29. The second-order valence-electron chi connectivity index (χ2n) is 16.9. The van der Waals surface area contributed by atoms with Gasteiger partial charge in [-0.05, 0) is 130 Å². The normalized spacial score (nSPS) is 11.6. The summed E-state index contributed by atoms with van der Waals surface area (Å²) in [5.41, 5.74) is 3.86. The van der Waals surface area contributed by atoms with Gasteiger partial charge in [0, 0.05) is 37.3 Å². The van der Waals surface area contributed by atoms with Crippen LogP contribution in [0.15, 0.2) is 54.6 Å². The van der Waals surface area contributed by atoms with E-state index >= 15 is 0 Å². The lowest BCUT2D eigenvalue weighted by Crippen LogP contribution is -2.50. The van der Waals surface area contributed by atoms with Gasteiger partial charge < -0.3 is 50.4 Å². The van der Waals surface area contributed by atoms with Crippen molar-refractivity contribution in [2.75, 3.05) is 46.9 Å². The maximum absolute atomic E-state index is 14.1. The van der Waals surface area contributed by atoms with Gasteiger partial charge in [-0.15, -0.1) is 0 Å². The Kier molecular flexibility index (Phi) is 24.3. The number of ether oxygens (including phenoxy) is 4. The molecule has 3 aromatic rings. The van der Waals surface area contributed by atoms with E-state index in [-0.39, 0.29) is 31.4 Å². The number of benzene rings is 3. The quantitative estimate of drug-likeness (QED) is 0.0513. The van der Waals surface area contributed by atoms with Crippen LogP contribution < -0.4 is 47.7 Å². The van der Waals surface area contributed by atoms with Crippen molar-refractivity contribution in [3.63, 3.8) is 0 Å². The smallest absolute Gasteiger partial charge is 0.407 e. The summed E-state index contributed by atoms with van der Waals surface area (Å²) in [6, 6.07) is 14.2. The van der Waals surface area contributed by atoms with Gasteiger partial charge in [0.05, 0.1) is 19.7 Å². The van der Waals surface area contributed by atoms with Crippen LogP contribution in [0.5, 0.6) is 11.5 Å². The molecule has 0 aliphatic rings. The molecule has 1 unspecified atom stereocenters. The molecule has 0 aromatic heterocycles. The summed E-state index contributed by atoms with van der Waals surface area (Å²) in [5.74, 6) is 7.02. The van der Waals surface area contributed by atoms with Gasteiger partial charge in [0.1, 0.15) is 41.4 Å². The van der Waals surface area contributed by atoms with Crippen LogP contribution in [0, 0.1) is 13.8 Å². The molecule has 18 heteroatoms. The zero-order valence-electron chi connectivity index (χ0n) is 41.3. The first-order valence-electron chi connectivity index (χ1n) is 21.9. The van der Waals surface area contributed by atoms with E-state index in [0.29, 0.717) is 46.9 Å². The van der Waals surface area contributed by atoms with Gasteiger partial charge in [0.15, 0.2) is 0 Å². The van der Waals surface area contributed by atoms with E-state index in [2.05, 4.69) is 38.3 Å². The zero-order valence-corrected chi connectivity index (χ0v) is 41.3. The van der Waals surface area contributed by atoms with Crippen molar-refractivity contribution in [3.8, 4) is 22.6 Å². The Labute approximate surface area is 390 Å². The topological polar surface area (TPSA) is 255 Å². The number of nitrogens with zero attached hydrogens (tertiary/aromatic N) is 1. The van der Waals surface area contributed by atoms with Gasteiger partial charge in [0.25, 0.3) is 5.91 Å². The standard InChI is InChI=1S/C41H55N5O8.C7H15NO2.H4N2/c1-11-28-14-17-33(52-12-2)31(22-28)32-23-29(15-18-34(32)53-20-19-43-40(51)54-41(6,7)8)36(39(50)45-27(5)37(48)42-9)46(10)35(47)24-44-38(49)30-16-13-25(3)21-26(30)4;1-5-8-6(9)10-7(2,3)4;1-2/h13-18,21-23,27,36H,11-12,19-20,24H2,1-10H3,(H,42,48)(H,43,51)(H,44,49)(H,45,50);5H2,1-4H3,(H,8,9);1-2H2/t27-,36?;;/m0../s1. The first-order chi connectivity index (χ1) is 30.9. The van der Waals surface area contributed by atoms with E-state index in [1.54, 1.807) is 45.0 Å². The number of alkyl carbamates (subject to hydrolysis) is 2. The molecule has 366 valence electrons. The molecule has 66 heavy (non-hydrogen) atoms. The first-order valence-corrected chi connectivity index (χ1v) is 21.9. The number of amides is 6. The predicted molar refractivity (Wildman–Crippen MR) is 256 cm³/mol. The molecule has 3 aromatic carbocycles. The van der Waals surface area contributed by atoms with Gasteiger partial charge in [-0.25, -0.2) is 9.59 Å². The molecule has 0 aliphatic heterocycles. The van der Waals surface area contributed by atoms with Crippen LogP contribution in [0.25, 0.3) is 11.1 Å². The molecular formula is C48H74N8O10. The Morgan fingerprint density at radius 1 is 0.727 bits per heavy atom. The highest BCUT2D eigenvalue weighted by Crippen LogP contribution is 2.40. The third kappa shape index (κ3) is 19.8. The fraction of sp³-hybridized carbons (Fsp3) is 0.500. The summed E-state index contributed by atoms with van der Waals surface area (Å²) in [4.78, 5) is 77.5. The van der Waals surface area contributed by atoms with E-state index in [9.17, 15) is 28.8 Å². The minimum Gasteiger partial charge on any atom is -0.493 e. The van der Waals surface area contributed by atoms with Crippen LogP contribution in [0.3, 0.4) is 0 Å². The van der Waals surface area contributed by atoms with Gasteiger partial charge >= 0.3 is 12.2 Å². The number of likely N-dealkylation sites (N-methyl/N-ethyl adjacent to an activating group) is 2. The molecule has 0 spiro atoms. The molecular weight excluding hydrogens is 849 g/mol. The summed E-state index contributed by atoms with van der Waals surface area (Å²) in [7, 11) is 2.93. The molecule has 18 nitrogen and oxygen atoms in total. The number of hydrogen-bond donors (Lipinski definition) is 7. The first kappa shape index (κ1) is 57.6. The largest absolute Gasteiger partial charge is 0.493 e. The van der Waals surface area contributed by atoms with Gasteiger partial charge in [0.2, 0.25) is 17.7 Å². The molecule has 0 fully saturated rings. The van der Waals surface area contributed by atoms with E-state index in [1.807, 2.05) is 85.7 Å². The Morgan fingerprint density at radius 3 is 1.85 bits per heavy atom. The zero-order chi connectivity index (χ0) is 50.4. The lowest BCUT2D eigenvalue weighted by atomic mass is 9.95. The van der Waals surface area contributed by atoms with Crippen molar-refractivity contribution < 1.29 is 47.7 Å². The van der Waals surface area contributed by atoms with E-state index in [4.69, 9.17) is 18.9 Å². The minimum absolute atomic E-state index is 0.0924. The van der Waals surface area contributed by atoms with Gasteiger partial charge in [-0.1, -0.05) is 36.8 Å². The molecule has 0 aliphatic carbocycles. The molecule has 9 N–H and O–H groups in total. The third-order valence-electron chi connectivity index (χ3n) is 9.16. The number of nitrogens with one attached hydrogen (secondary N) is 5. The molecule has 3 rings (SSSR count). The van der Waals surface area contributed by atoms with Crippen molar-refractivity contribution in [2.24, 2.45) is 11.7 Å². The van der Waals surface area contributed by atoms with Crippen molar-refractivity contribution in [1.82, 2.24) is 31.5 Å². The number of aryl methyl sites for hydroxylation is 3. The highest BCUT2D eigenvalue weighted by Gasteiger charge is 2.32. The highest BCUT2D eigenvalue weighted by atomic mass is 16.6. The number of hydrazine groups is 1. The van der Waals surface area contributed by atoms with E-state index in [1.165, 1.54) is 25.9 Å². The lowest BCUT2D eigenvalue weighted by molar-refractivity contribution is -0.139. The number of nitrogens with two attached hydrogens (primary N) is 2. The summed E-state index contributed by atoms with van der Waals surface area (Å²) >= 11 is 0. The molecule has 0 heterocycles. The van der Waals surface area contributed by atoms with Crippen LogP contribution in [-0.2, 0) is 30.3 Å². The predicted octanol–water partition coefficient (Wildman–Crippen LogP) is 5.37. The summed E-state index contributed by atoms with van der Waals surface area (Å²) in [6.45, 7) is 22.7. The van der Waals surface area contributed by atoms with Crippen LogP contribution in [0.2, 0.25) is 0 Å². The fourth-order valence-corrected chi connectivity index (χ4v) is 6.14. The maximum atomic E-state index is 14.1. The summed E-state index contributed by atoms with van der Waals surface area (Å²) < 4.78 is 22.5. The molecule has 0 radical (unpaired) electrons. The highest BCUT2D eigenvalue weighted by molar-refractivity contribution is 5.98. The number of carbonyl (C=O) groups excluding carboxylic acids is 6. The van der Waals surface area contributed by atoms with Crippen molar-refractivity contribution >= 4 is 35.8 Å². The third-order valence-corrected chi connectivity index (χ3v) is 9.16. The number of rotatable bonds is 17. The molecule has 0 saturated carbocycles. The molecule has 6 amide bonds. The van der Waals surface area contributed by atoms with Gasteiger partial charge in [-0.3, -0.25) is 30.9 Å². The van der Waals surface area contributed by atoms with Crippen molar-refractivity contribution in [1.29, 1.82) is 0 Å².